The summed E-state index contributed by atoms with van der Waals surface area (Å²) in [6, 6.07) is 8.74. The van der Waals surface area contributed by atoms with Gasteiger partial charge in [-0.1, -0.05) is 28.1 Å². The van der Waals surface area contributed by atoms with Gasteiger partial charge in [-0.3, -0.25) is 9.69 Å². The van der Waals surface area contributed by atoms with Crippen molar-refractivity contribution in [1.82, 2.24) is 10.2 Å². The summed E-state index contributed by atoms with van der Waals surface area (Å²) < 4.78 is 6.78. The number of amides is 1. The van der Waals surface area contributed by atoms with Gasteiger partial charge in [0.15, 0.2) is 0 Å². The van der Waals surface area contributed by atoms with Crippen LogP contribution in [-0.4, -0.2) is 48.7 Å². The Morgan fingerprint density at radius 3 is 2.38 bits per heavy atom. The van der Waals surface area contributed by atoms with Crippen LogP contribution >= 0.6 is 40.7 Å². The molecule has 0 spiro atoms. The van der Waals surface area contributed by atoms with Gasteiger partial charge in [-0.05, 0) is 43.4 Å². The van der Waals surface area contributed by atoms with Crippen LogP contribution in [-0.2, 0) is 16.1 Å². The van der Waals surface area contributed by atoms with Gasteiger partial charge in [0.1, 0.15) is 6.10 Å². The summed E-state index contributed by atoms with van der Waals surface area (Å²) in [5.41, 5.74) is 6.93. The quantitative estimate of drug-likeness (QED) is 0.697. The molecule has 26 heavy (non-hydrogen) atoms. The second kappa shape index (κ2) is 11.5. The number of nitrogens with one attached hydrogen (secondary N) is 1. The number of nitrogens with two attached hydrogens (primary N) is 1. The Morgan fingerprint density at radius 1 is 1.15 bits per heavy atom. The fourth-order valence-corrected chi connectivity index (χ4v) is 3.71. The molecule has 2 fully saturated rings. The lowest BCUT2D eigenvalue weighted by molar-refractivity contribution is -0.132. The van der Waals surface area contributed by atoms with Crippen LogP contribution in [0.2, 0.25) is 0 Å². The lowest BCUT2D eigenvalue weighted by Crippen LogP contribution is -2.47. The average molecular weight is 469 g/mol. The minimum atomic E-state index is -0.306. The highest BCUT2D eigenvalue weighted by Crippen LogP contribution is 2.20. The lowest BCUT2D eigenvalue weighted by Gasteiger charge is -2.32. The molecule has 148 valence electrons. The number of hydrogen-bond acceptors (Lipinski definition) is 4. The van der Waals surface area contributed by atoms with Crippen LogP contribution in [0.1, 0.15) is 31.2 Å². The van der Waals surface area contributed by atoms with E-state index in [-0.39, 0.29) is 49.0 Å². The van der Waals surface area contributed by atoms with Crippen molar-refractivity contribution in [3.8, 4) is 0 Å². The van der Waals surface area contributed by atoms with Gasteiger partial charge in [-0.2, -0.15) is 0 Å². The molecular weight excluding hydrogens is 441 g/mol. The molecule has 0 radical (unpaired) electrons. The zero-order chi connectivity index (χ0) is 16.9. The van der Waals surface area contributed by atoms with E-state index in [9.17, 15) is 4.79 Å². The van der Waals surface area contributed by atoms with E-state index in [1.165, 1.54) is 5.56 Å². The Labute approximate surface area is 176 Å². The maximum Gasteiger partial charge on any atom is 0.249 e. The molecule has 2 heterocycles. The number of carbonyl (C=O) groups is 1. The van der Waals surface area contributed by atoms with E-state index in [1.54, 1.807) is 0 Å². The molecule has 0 saturated carbocycles. The number of hydrogen-bond donors (Lipinski definition) is 2. The Kier molecular flexibility index (Phi) is 10.4. The average Bonchev–Trinajstić information content (AvgIpc) is 3.08. The van der Waals surface area contributed by atoms with Crippen molar-refractivity contribution in [2.75, 3.05) is 19.6 Å². The van der Waals surface area contributed by atoms with E-state index < -0.39 is 0 Å². The van der Waals surface area contributed by atoms with Gasteiger partial charge in [0, 0.05) is 36.7 Å². The Hall–Kier alpha value is -0.370. The molecule has 1 aromatic carbocycles. The number of carbonyl (C=O) groups excluding carboxylic acids is 1. The van der Waals surface area contributed by atoms with Crippen LogP contribution in [0.15, 0.2) is 28.7 Å². The first-order valence-corrected chi connectivity index (χ1v) is 9.56. The fraction of sp³-hybridized carbons (Fsp3) is 0.611. The maximum atomic E-state index is 12.3. The van der Waals surface area contributed by atoms with E-state index in [1.807, 2.05) is 0 Å². The molecule has 0 aliphatic carbocycles. The Bertz CT molecular complexity index is 554. The summed E-state index contributed by atoms with van der Waals surface area (Å²) >= 11 is 3.47. The zero-order valence-electron chi connectivity index (χ0n) is 14.7. The summed E-state index contributed by atoms with van der Waals surface area (Å²) in [4.78, 5) is 14.7. The van der Waals surface area contributed by atoms with Gasteiger partial charge in [0.25, 0.3) is 0 Å². The molecule has 5 nitrogen and oxygen atoms in total. The number of halogens is 3. The molecule has 2 aliphatic heterocycles. The molecule has 1 amide bonds. The first kappa shape index (κ1) is 23.7. The number of ether oxygens (including phenoxy) is 1. The van der Waals surface area contributed by atoms with Crippen LogP contribution in [0.3, 0.4) is 0 Å². The second-order valence-corrected chi connectivity index (χ2v) is 7.66. The van der Waals surface area contributed by atoms with Crippen LogP contribution in [0, 0.1) is 0 Å². The van der Waals surface area contributed by atoms with Crippen molar-refractivity contribution in [2.24, 2.45) is 5.73 Å². The monoisotopic (exact) mass is 467 g/mol. The largest absolute Gasteiger partial charge is 0.364 e. The van der Waals surface area contributed by atoms with Gasteiger partial charge in [-0.25, -0.2) is 0 Å². The SMILES string of the molecule is Cl.Cl.NC[C@H]1CC[C@@H](C(=O)NC2CCN(Cc3ccc(Br)cc3)CC2)O1. The maximum absolute atomic E-state index is 12.3. The van der Waals surface area contributed by atoms with Crippen molar-refractivity contribution in [1.29, 1.82) is 0 Å². The van der Waals surface area contributed by atoms with Crippen molar-refractivity contribution in [3.05, 3.63) is 34.3 Å². The Morgan fingerprint density at radius 2 is 1.81 bits per heavy atom. The van der Waals surface area contributed by atoms with E-state index in [2.05, 4.69) is 50.4 Å². The topological polar surface area (TPSA) is 67.6 Å². The zero-order valence-corrected chi connectivity index (χ0v) is 18.0. The number of piperidine rings is 1. The van der Waals surface area contributed by atoms with Gasteiger partial charge in [-0.15, -0.1) is 24.8 Å². The summed E-state index contributed by atoms with van der Waals surface area (Å²) in [7, 11) is 0. The van der Waals surface area contributed by atoms with E-state index >= 15 is 0 Å². The third kappa shape index (κ3) is 6.66. The summed E-state index contributed by atoms with van der Waals surface area (Å²) in [6.07, 6.45) is 3.41. The molecular formula is C18H28BrCl2N3O2. The normalized spacial score (nSPS) is 23.8. The molecule has 2 aliphatic rings. The number of nitrogens with zero attached hydrogens (tertiary/aromatic N) is 1. The molecule has 1 aromatic rings. The summed E-state index contributed by atoms with van der Waals surface area (Å²) in [6.45, 7) is 3.49. The molecule has 2 saturated heterocycles. The van der Waals surface area contributed by atoms with E-state index in [0.29, 0.717) is 6.54 Å². The fourth-order valence-electron chi connectivity index (χ4n) is 3.45. The van der Waals surface area contributed by atoms with E-state index in [0.717, 1.165) is 49.8 Å². The predicted molar refractivity (Wildman–Crippen MR) is 112 cm³/mol. The summed E-state index contributed by atoms with van der Waals surface area (Å²) in [5.74, 6) is 0.0392. The van der Waals surface area contributed by atoms with Crippen LogP contribution in [0.4, 0.5) is 0 Å². The highest BCUT2D eigenvalue weighted by Gasteiger charge is 2.31. The van der Waals surface area contributed by atoms with Gasteiger partial charge in [0.05, 0.1) is 6.10 Å². The van der Waals surface area contributed by atoms with Crippen LogP contribution in [0.25, 0.3) is 0 Å². The van der Waals surface area contributed by atoms with Gasteiger partial charge >= 0.3 is 0 Å². The van der Waals surface area contributed by atoms with E-state index in [4.69, 9.17) is 10.5 Å². The second-order valence-electron chi connectivity index (χ2n) is 6.75. The van der Waals surface area contributed by atoms with Gasteiger partial charge in [0.2, 0.25) is 5.91 Å². The molecule has 2 atom stereocenters. The number of benzene rings is 1. The molecule has 0 bridgehead atoms. The molecule has 0 aromatic heterocycles. The van der Waals surface area contributed by atoms with Gasteiger partial charge < -0.3 is 15.8 Å². The first-order chi connectivity index (χ1) is 11.6. The van der Waals surface area contributed by atoms with Crippen molar-refractivity contribution in [2.45, 2.75) is 50.5 Å². The third-order valence-corrected chi connectivity index (χ3v) is 5.44. The summed E-state index contributed by atoms with van der Waals surface area (Å²) in [5, 5.41) is 3.16. The third-order valence-electron chi connectivity index (χ3n) is 4.92. The highest BCUT2D eigenvalue weighted by atomic mass is 79.9. The molecule has 3 rings (SSSR count). The minimum absolute atomic E-state index is 0. The first-order valence-electron chi connectivity index (χ1n) is 8.76. The van der Waals surface area contributed by atoms with Crippen LogP contribution in [0.5, 0.6) is 0 Å². The smallest absolute Gasteiger partial charge is 0.249 e. The van der Waals surface area contributed by atoms with Crippen molar-refractivity contribution >= 4 is 46.7 Å². The number of likely N-dealkylation sites (tertiary alicyclic amines) is 1. The van der Waals surface area contributed by atoms with Crippen LogP contribution < -0.4 is 11.1 Å². The molecule has 3 N–H and O–H groups in total. The van der Waals surface area contributed by atoms with Crippen molar-refractivity contribution in [3.63, 3.8) is 0 Å². The Balaban J connectivity index is 0.00000169. The van der Waals surface area contributed by atoms with Crippen molar-refractivity contribution < 1.29 is 9.53 Å². The molecule has 8 heteroatoms. The molecule has 0 unspecified atom stereocenters. The lowest BCUT2D eigenvalue weighted by atomic mass is 10.0. The minimum Gasteiger partial charge on any atom is -0.364 e. The number of rotatable bonds is 5. The highest BCUT2D eigenvalue weighted by molar-refractivity contribution is 9.10. The predicted octanol–water partition coefficient (Wildman–Crippen LogP) is 2.88. The standard InChI is InChI=1S/C18H26BrN3O2.2ClH/c19-14-3-1-13(2-4-14)12-22-9-7-15(8-10-22)21-18(23)17-6-5-16(11-20)24-17;;/h1-4,15-17H,5-12,20H2,(H,21,23);2*1H/t16-,17+;;/m1../s1.